The second kappa shape index (κ2) is 8.20. The average Bonchev–Trinajstić information content (AvgIpc) is 2.57. The highest BCUT2D eigenvalue weighted by Gasteiger charge is 2.09. The van der Waals surface area contributed by atoms with Gasteiger partial charge in [-0.15, -0.1) is 6.58 Å². The van der Waals surface area contributed by atoms with Crippen molar-refractivity contribution >= 4 is 11.6 Å². The first-order valence-corrected chi connectivity index (χ1v) is 7.81. The van der Waals surface area contributed by atoms with Crippen LogP contribution >= 0.6 is 0 Å². The van der Waals surface area contributed by atoms with Crippen molar-refractivity contribution in [3.63, 3.8) is 0 Å². The van der Waals surface area contributed by atoms with Gasteiger partial charge in [-0.3, -0.25) is 4.79 Å². The predicted octanol–water partition coefficient (Wildman–Crippen LogP) is 4.06. The molecule has 4 nitrogen and oxygen atoms in total. The number of amides is 1. The smallest absolute Gasteiger partial charge is 0.262 e. The Morgan fingerprint density at radius 3 is 2.58 bits per heavy atom. The quantitative estimate of drug-likeness (QED) is 0.781. The summed E-state index contributed by atoms with van der Waals surface area (Å²) in [4.78, 5) is 12.1. The fourth-order valence-electron chi connectivity index (χ4n) is 2.28. The molecule has 0 heterocycles. The van der Waals surface area contributed by atoms with Gasteiger partial charge in [0.2, 0.25) is 0 Å². The Morgan fingerprint density at radius 2 is 1.92 bits per heavy atom. The molecule has 1 amide bonds. The van der Waals surface area contributed by atoms with Crippen molar-refractivity contribution in [2.75, 3.05) is 19.0 Å². The molecule has 0 aromatic heterocycles. The molecule has 2 aromatic rings. The van der Waals surface area contributed by atoms with Crippen LogP contribution in [0.15, 0.2) is 49.1 Å². The molecule has 0 unspecified atom stereocenters. The lowest BCUT2D eigenvalue weighted by Crippen LogP contribution is -2.20. The normalized spacial score (nSPS) is 10.1. The van der Waals surface area contributed by atoms with Gasteiger partial charge in [-0.2, -0.15) is 0 Å². The van der Waals surface area contributed by atoms with Crippen molar-refractivity contribution in [2.24, 2.45) is 0 Å². The molecule has 4 heteroatoms. The molecule has 2 rings (SSSR count). The first kappa shape index (κ1) is 17.6. The number of allylic oxidation sites excluding steroid dienone is 1. The van der Waals surface area contributed by atoms with E-state index in [4.69, 9.17) is 9.47 Å². The Kier molecular flexibility index (Phi) is 6.01. The van der Waals surface area contributed by atoms with Gasteiger partial charge in [0.25, 0.3) is 5.91 Å². The van der Waals surface area contributed by atoms with E-state index >= 15 is 0 Å². The Bertz CT molecular complexity index is 738. The number of carbonyl (C=O) groups excluding carboxylic acids is 1. The summed E-state index contributed by atoms with van der Waals surface area (Å²) < 4.78 is 10.9. The molecule has 0 fully saturated rings. The van der Waals surface area contributed by atoms with Gasteiger partial charge in [0.05, 0.1) is 7.11 Å². The lowest BCUT2D eigenvalue weighted by molar-refractivity contribution is -0.118. The maximum Gasteiger partial charge on any atom is 0.262 e. The SMILES string of the molecule is C=CCc1ccc(OCC(=O)Nc2ccc(C)c(C)c2)c(OC)c1. The fourth-order valence-corrected chi connectivity index (χ4v) is 2.28. The van der Waals surface area contributed by atoms with Crippen molar-refractivity contribution < 1.29 is 14.3 Å². The Labute approximate surface area is 143 Å². The summed E-state index contributed by atoms with van der Waals surface area (Å²) in [5, 5.41) is 2.83. The van der Waals surface area contributed by atoms with E-state index in [-0.39, 0.29) is 12.5 Å². The summed E-state index contributed by atoms with van der Waals surface area (Å²) in [5.74, 6) is 0.935. The van der Waals surface area contributed by atoms with E-state index in [2.05, 4.69) is 11.9 Å². The van der Waals surface area contributed by atoms with Crippen LogP contribution in [0.5, 0.6) is 11.5 Å². The van der Waals surface area contributed by atoms with E-state index in [1.54, 1.807) is 13.2 Å². The second-order valence-corrected chi connectivity index (χ2v) is 5.61. The topological polar surface area (TPSA) is 47.6 Å². The Morgan fingerprint density at radius 1 is 1.12 bits per heavy atom. The summed E-state index contributed by atoms with van der Waals surface area (Å²) in [6.07, 6.45) is 2.58. The molecular formula is C20H23NO3. The molecule has 0 aliphatic carbocycles. The summed E-state index contributed by atoms with van der Waals surface area (Å²) in [7, 11) is 1.58. The van der Waals surface area contributed by atoms with Crippen molar-refractivity contribution in [2.45, 2.75) is 20.3 Å². The van der Waals surface area contributed by atoms with Crippen LogP contribution in [-0.4, -0.2) is 19.6 Å². The first-order valence-electron chi connectivity index (χ1n) is 7.81. The third-order valence-electron chi connectivity index (χ3n) is 3.76. The molecule has 24 heavy (non-hydrogen) atoms. The zero-order valence-corrected chi connectivity index (χ0v) is 14.4. The molecule has 0 spiro atoms. The van der Waals surface area contributed by atoms with Gasteiger partial charge in [0.1, 0.15) is 0 Å². The highest BCUT2D eigenvalue weighted by atomic mass is 16.5. The van der Waals surface area contributed by atoms with Crippen LogP contribution in [0.4, 0.5) is 5.69 Å². The van der Waals surface area contributed by atoms with E-state index < -0.39 is 0 Å². The van der Waals surface area contributed by atoms with Gasteiger partial charge in [-0.25, -0.2) is 0 Å². The zero-order valence-electron chi connectivity index (χ0n) is 14.4. The molecule has 0 aliphatic rings. The van der Waals surface area contributed by atoms with Crippen LogP contribution in [0.25, 0.3) is 0 Å². The highest BCUT2D eigenvalue weighted by Crippen LogP contribution is 2.28. The molecule has 0 saturated heterocycles. The van der Waals surface area contributed by atoms with Crippen LogP contribution in [0, 0.1) is 13.8 Å². The lowest BCUT2D eigenvalue weighted by Gasteiger charge is -2.12. The third kappa shape index (κ3) is 4.62. The van der Waals surface area contributed by atoms with Crippen LogP contribution in [0.1, 0.15) is 16.7 Å². The molecule has 0 atom stereocenters. The number of hydrogen-bond donors (Lipinski definition) is 1. The van der Waals surface area contributed by atoms with E-state index in [1.165, 1.54) is 5.56 Å². The summed E-state index contributed by atoms with van der Waals surface area (Å²) in [6.45, 7) is 7.69. The van der Waals surface area contributed by atoms with E-state index in [9.17, 15) is 4.79 Å². The van der Waals surface area contributed by atoms with Crippen molar-refractivity contribution in [3.8, 4) is 11.5 Å². The monoisotopic (exact) mass is 325 g/mol. The number of carbonyl (C=O) groups is 1. The first-order chi connectivity index (χ1) is 11.5. The van der Waals surface area contributed by atoms with Gasteiger partial charge in [-0.05, 0) is 61.2 Å². The standard InChI is InChI=1S/C20H23NO3/c1-5-6-16-8-10-18(19(12-16)23-4)24-13-20(22)21-17-9-7-14(2)15(3)11-17/h5,7-12H,1,6,13H2,2-4H3,(H,21,22). The van der Waals surface area contributed by atoms with Gasteiger partial charge in [0, 0.05) is 5.69 Å². The maximum absolute atomic E-state index is 12.1. The largest absolute Gasteiger partial charge is 0.493 e. The Hall–Kier alpha value is -2.75. The molecule has 0 saturated carbocycles. The molecule has 126 valence electrons. The molecule has 1 N–H and O–H groups in total. The van der Waals surface area contributed by atoms with Crippen LogP contribution in [0.3, 0.4) is 0 Å². The Balaban J connectivity index is 1.98. The number of benzene rings is 2. The zero-order chi connectivity index (χ0) is 17.5. The maximum atomic E-state index is 12.1. The van der Waals surface area contributed by atoms with Gasteiger partial charge < -0.3 is 14.8 Å². The minimum atomic E-state index is -0.213. The number of aryl methyl sites for hydroxylation is 2. The summed E-state index contributed by atoms with van der Waals surface area (Å²) >= 11 is 0. The van der Waals surface area contributed by atoms with Crippen molar-refractivity contribution in [1.29, 1.82) is 0 Å². The number of rotatable bonds is 7. The fraction of sp³-hybridized carbons (Fsp3) is 0.250. The van der Waals surface area contributed by atoms with E-state index in [0.29, 0.717) is 11.5 Å². The number of ether oxygens (including phenoxy) is 2. The van der Waals surface area contributed by atoms with Gasteiger partial charge in [0.15, 0.2) is 18.1 Å². The molecule has 2 aromatic carbocycles. The van der Waals surface area contributed by atoms with Crippen LogP contribution in [-0.2, 0) is 11.2 Å². The minimum absolute atomic E-state index is 0.0793. The van der Waals surface area contributed by atoms with Crippen molar-refractivity contribution in [1.82, 2.24) is 0 Å². The number of nitrogens with one attached hydrogen (secondary N) is 1. The van der Waals surface area contributed by atoms with Gasteiger partial charge >= 0.3 is 0 Å². The summed E-state index contributed by atoms with van der Waals surface area (Å²) in [6, 6.07) is 11.4. The van der Waals surface area contributed by atoms with Gasteiger partial charge in [-0.1, -0.05) is 18.2 Å². The minimum Gasteiger partial charge on any atom is -0.493 e. The molecule has 0 aliphatic heterocycles. The second-order valence-electron chi connectivity index (χ2n) is 5.61. The summed E-state index contributed by atoms with van der Waals surface area (Å²) in [5.41, 5.74) is 4.16. The highest BCUT2D eigenvalue weighted by molar-refractivity contribution is 5.92. The van der Waals surface area contributed by atoms with E-state index in [0.717, 1.165) is 23.2 Å². The molecule has 0 bridgehead atoms. The molecular weight excluding hydrogens is 302 g/mol. The number of anilines is 1. The van der Waals surface area contributed by atoms with Crippen molar-refractivity contribution in [3.05, 3.63) is 65.7 Å². The predicted molar refractivity (Wildman–Crippen MR) is 96.9 cm³/mol. The molecule has 0 radical (unpaired) electrons. The number of methoxy groups -OCH3 is 1. The third-order valence-corrected chi connectivity index (χ3v) is 3.76. The van der Waals surface area contributed by atoms with Crippen LogP contribution < -0.4 is 14.8 Å². The van der Waals surface area contributed by atoms with E-state index in [1.807, 2.05) is 50.3 Å². The average molecular weight is 325 g/mol. The lowest BCUT2D eigenvalue weighted by atomic mass is 10.1. The van der Waals surface area contributed by atoms with Crippen LogP contribution in [0.2, 0.25) is 0 Å². The number of hydrogen-bond acceptors (Lipinski definition) is 3.